The molecule has 15 heavy (non-hydrogen) atoms. The third-order valence-electron chi connectivity index (χ3n) is 2.06. The molecule has 0 bridgehead atoms. The molecule has 0 aliphatic carbocycles. The quantitative estimate of drug-likeness (QED) is 0.774. The summed E-state index contributed by atoms with van der Waals surface area (Å²) in [6.07, 6.45) is 0.688. The molecule has 0 aliphatic rings. The highest BCUT2D eigenvalue weighted by Gasteiger charge is 2.05. The molecule has 4 heteroatoms. The number of carbonyl (C=O) groups is 1. The minimum atomic E-state index is -0.874. The van der Waals surface area contributed by atoms with Crippen LogP contribution < -0.4 is 5.32 Å². The van der Waals surface area contributed by atoms with Gasteiger partial charge in [0.1, 0.15) is 5.82 Å². The van der Waals surface area contributed by atoms with Crippen LogP contribution in [0.5, 0.6) is 0 Å². The number of carboxylic acid groups (broad SMARTS) is 1. The Labute approximate surface area is 87.9 Å². The summed E-state index contributed by atoms with van der Waals surface area (Å²) in [7, 11) is 0. The van der Waals surface area contributed by atoms with Gasteiger partial charge in [-0.05, 0) is 31.0 Å². The Hall–Kier alpha value is -1.42. The smallest absolute Gasteiger partial charge is 0.317 e. The predicted octanol–water partition coefficient (Wildman–Crippen LogP) is 1.43. The summed E-state index contributed by atoms with van der Waals surface area (Å²) in [5, 5.41) is 11.3. The molecule has 1 aromatic rings. The summed E-state index contributed by atoms with van der Waals surface area (Å²) in [6, 6.07) is 6.27. The summed E-state index contributed by atoms with van der Waals surface area (Å²) >= 11 is 0. The molecule has 1 rings (SSSR count). The molecule has 0 amide bonds. The summed E-state index contributed by atoms with van der Waals surface area (Å²) in [5.74, 6) is -1.13. The minimum Gasteiger partial charge on any atom is -0.480 e. The van der Waals surface area contributed by atoms with Gasteiger partial charge in [-0.1, -0.05) is 12.1 Å². The van der Waals surface area contributed by atoms with Gasteiger partial charge in [-0.25, -0.2) is 4.39 Å². The molecule has 0 radical (unpaired) electrons. The Bertz CT molecular complexity index is 324. The number of carboxylic acids is 1. The number of halogens is 1. The maximum absolute atomic E-state index is 12.6. The van der Waals surface area contributed by atoms with Gasteiger partial charge in [0.05, 0.1) is 6.54 Å². The zero-order chi connectivity index (χ0) is 11.3. The molecule has 2 N–H and O–H groups in total. The van der Waals surface area contributed by atoms with E-state index < -0.39 is 5.97 Å². The van der Waals surface area contributed by atoms with Crippen LogP contribution in [0.3, 0.4) is 0 Å². The Morgan fingerprint density at radius 3 is 2.60 bits per heavy atom. The first-order valence-corrected chi connectivity index (χ1v) is 4.77. The van der Waals surface area contributed by atoms with Crippen LogP contribution in [-0.4, -0.2) is 23.7 Å². The summed E-state index contributed by atoms with van der Waals surface area (Å²) in [4.78, 5) is 10.3. The second kappa shape index (κ2) is 5.46. The van der Waals surface area contributed by atoms with Crippen molar-refractivity contribution in [2.45, 2.75) is 19.4 Å². The van der Waals surface area contributed by atoms with Crippen LogP contribution in [0, 0.1) is 5.82 Å². The van der Waals surface area contributed by atoms with E-state index in [0.29, 0.717) is 6.42 Å². The van der Waals surface area contributed by atoms with Crippen molar-refractivity contribution in [2.24, 2.45) is 0 Å². The van der Waals surface area contributed by atoms with Crippen molar-refractivity contribution < 1.29 is 14.3 Å². The monoisotopic (exact) mass is 211 g/mol. The molecule has 1 unspecified atom stereocenters. The molecule has 0 aliphatic heterocycles. The van der Waals surface area contributed by atoms with Crippen LogP contribution >= 0.6 is 0 Å². The van der Waals surface area contributed by atoms with E-state index in [-0.39, 0.29) is 18.4 Å². The van der Waals surface area contributed by atoms with E-state index in [2.05, 4.69) is 5.32 Å². The summed E-state index contributed by atoms with van der Waals surface area (Å²) in [6.45, 7) is 1.84. The molecule has 0 saturated carbocycles. The third-order valence-corrected chi connectivity index (χ3v) is 2.06. The highest BCUT2D eigenvalue weighted by molar-refractivity contribution is 5.69. The van der Waals surface area contributed by atoms with Crippen molar-refractivity contribution in [1.29, 1.82) is 0 Å². The Kier molecular flexibility index (Phi) is 4.24. The van der Waals surface area contributed by atoms with Crippen molar-refractivity contribution in [3.05, 3.63) is 35.6 Å². The number of benzene rings is 1. The molecule has 1 atom stereocenters. The minimum absolute atomic E-state index is 0.0532. The van der Waals surface area contributed by atoms with E-state index in [9.17, 15) is 9.18 Å². The SMILES string of the molecule is CC(Cc1ccc(F)cc1)NCC(=O)O. The Morgan fingerprint density at radius 2 is 2.07 bits per heavy atom. The normalized spacial score (nSPS) is 12.4. The van der Waals surface area contributed by atoms with Crippen molar-refractivity contribution in [2.75, 3.05) is 6.54 Å². The van der Waals surface area contributed by atoms with Gasteiger partial charge >= 0.3 is 5.97 Å². The maximum Gasteiger partial charge on any atom is 0.317 e. The molecular weight excluding hydrogens is 197 g/mol. The number of hydrogen-bond acceptors (Lipinski definition) is 2. The molecular formula is C11H14FNO2. The van der Waals surface area contributed by atoms with Crippen LogP contribution in [0.2, 0.25) is 0 Å². The number of nitrogens with one attached hydrogen (secondary N) is 1. The average molecular weight is 211 g/mol. The molecule has 0 aromatic heterocycles. The molecule has 3 nitrogen and oxygen atoms in total. The van der Waals surface area contributed by atoms with Crippen molar-refractivity contribution in [3.8, 4) is 0 Å². The van der Waals surface area contributed by atoms with E-state index in [1.165, 1.54) is 12.1 Å². The van der Waals surface area contributed by atoms with Gasteiger partial charge in [-0.3, -0.25) is 4.79 Å². The number of aliphatic carboxylic acids is 1. The van der Waals surface area contributed by atoms with Crippen molar-refractivity contribution >= 4 is 5.97 Å². The van der Waals surface area contributed by atoms with Crippen LogP contribution in [0.4, 0.5) is 4.39 Å². The first-order chi connectivity index (χ1) is 7.08. The van der Waals surface area contributed by atoms with Gasteiger partial charge < -0.3 is 10.4 Å². The zero-order valence-corrected chi connectivity index (χ0v) is 8.53. The number of rotatable bonds is 5. The van der Waals surface area contributed by atoms with Gasteiger partial charge in [0.2, 0.25) is 0 Å². The molecule has 82 valence electrons. The van der Waals surface area contributed by atoms with Crippen molar-refractivity contribution in [1.82, 2.24) is 5.32 Å². The molecule has 0 saturated heterocycles. The summed E-state index contributed by atoms with van der Waals surface area (Å²) in [5.41, 5.74) is 0.988. The van der Waals surface area contributed by atoms with Crippen LogP contribution in [0.1, 0.15) is 12.5 Å². The van der Waals surface area contributed by atoms with E-state index in [4.69, 9.17) is 5.11 Å². The lowest BCUT2D eigenvalue weighted by Crippen LogP contribution is -2.32. The average Bonchev–Trinajstić information content (AvgIpc) is 2.19. The fraction of sp³-hybridized carbons (Fsp3) is 0.364. The van der Waals surface area contributed by atoms with Crippen LogP contribution in [-0.2, 0) is 11.2 Å². The third kappa shape index (κ3) is 4.56. The number of hydrogen-bond donors (Lipinski definition) is 2. The van der Waals surface area contributed by atoms with E-state index in [0.717, 1.165) is 5.56 Å². The van der Waals surface area contributed by atoms with Gasteiger partial charge in [0.15, 0.2) is 0 Å². The predicted molar refractivity (Wildman–Crippen MR) is 55.2 cm³/mol. The van der Waals surface area contributed by atoms with Crippen LogP contribution in [0.15, 0.2) is 24.3 Å². The molecule has 1 aromatic carbocycles. The molecule has 0 spiro atoms. The fourth-order valence-electron chi connectivity index (χ4n) is 1.31. The van der Waals surface area contributed by atoms with Crippen molar-refractivity contribution in [3.63, 3.8) is 0 Å². The van der Waals surface area contributed by atoms with E-state index in [1.54, 1.807) is 12.1 Å². The Morgan fingerprint density at radius 1 is 1.47 bits per heavy atom. The van der Waals surface area contributed by atoms with Crippen LogP contribution in [0.25, 0.3) is 0 Å². The standard InChI is InChI=1S/C11H14FNO2/c1-8(13-7-11(14)15)6-9-2-4-10(12)5-3-9/h2-5,8,13H,6-7H2,1H3,(H,14,15). The lowest BCUT2D eigenvalue weighted by Gasteiger charge is -2.11. The second-order valence-corrected chi connectivity index (χ2v) is 3.51. The van der Waals surface area contributed by atoms with Gasteiger partial charge in [-0.15, -0.1) is 0 Å². The van der Waals surface area contributed by atoms with Gasteiger partial charge in [0, 0.05) is 6.04 Å². The first-order valence-electron chi connectivity index (χ1n) is 4.77. The highest BCUT2D eigenvalue weighted by Crippen LogP contribution is 2.05. The second-order valence-electron chi connectivity index (χ2n) is 3.51. The van der Waals surface area contributed by atoms with Gasteiger partial charge in [0.25, 0.3) is 0 Å². The van der Waals surface area contributed by atoms with Gasteiger partial charge in [-0.2, -0.15) is 0 Å². The highest BCUT2D eigenvalue weighted by atomic mass is 19.1. The summed E-state index contributed by atoms with van der Waals surface area (Å²) < 4.78 is 12.6. The topological polar surface area (TPSA) is 49.3 Å². The fourth-order valence-corrected chi connectivity index (χ4v) is 1.31. The lowest BCUT2D eigenvalue weighted by molar-refractivity contribution is -0.136. The maximum atomic E-state index is 12.6. The van der Waals surface area contributed by atoms with E-state index >= 15 is 0 Å². The zero-order valence-electron chi connectivity index (χ0n) is 8.53. The largest absolute Gasteiger partial charge is 0.480 e. The van der Waals surface area contributed by atoms with E-state index in [1.807, 2.05) is 6.92 Å². The first kappa shape index (κ1) is 11.7. The molecule has 0 fully saturated rings. The molecule has 0 heterocycles. The lowest BCUT2D eigenvalue weighted by atomic mass is 10.1. The Balaban J connectivity index is 2.40.